The Hall–Kier alpha value is -0.320. The highest BCUT2D eigenvalue weighted by Crippen LogP contribution is 2.21. The highest BCUT2D eigenvalue weighted by Gasteiger charge is 2.21. The van der Waals surface area contributed by atoms with Gasteiger partial charge in [-0.15, -0.1) is 11.3 Å². The fraction of sp³-hybridized carbons (Fsp3) is 0.444. The van der Waals surface area contributed by atoms with Crippen LogP contribution in [0.25, 0.3) is 0 Å². The number of hydrogen-bond donors (Lipinski definition) is 2. The maximum Gasteiger partial charge on any atom is 0.166 e. The molecule has 0 amide bonds. The summed E-state index contributed by atoms with van der Waals surface area (Å²) in [6.45, 7) is 0.760. The third-order valence-corrected chi connectivity index (χ3v) is 3.46. The van der Waals surface area contributed by atoms with E-state index >= 15 is 0 Å². The molecular weight excluding hydrogens is 236 g/mol. The van der Waals surface area contributed by atoms with Gasteiger partial charge in [-0.05, 0) is 37.2 Å². The first-order valence-electron chi connectivity index (χ1n) is 4.52. The lowest BCUT2D eigenvalue weighted by Crippen LogP contribution is -2.35. The third-order valence-electron chi connectivity index (χ3n) is 1.96. The first-order valence-corrected chi connectivity index (χ1v) is 6.13. The molecule has 1 aliphatic rings. The van der Waals surface area contributed by atoms with Crippen LogP contribution in [0.15, 0.2) is 12.1 Å². The van der Waals surface area contributed by atoms with Crippen LogP contribution in [0.1, 0.15) is 17.7 Å². The smallest absolute Gasteiger partial charge is 0.166 e. The van der Waals surface area contributed by atoms with Crippen molar-refractivity contribution in [2.45, 2.75) is 25.4 Å². The van der Waals surface area contributed by atoms with Crippen LogP contribution in [0, 0.1) is 0 Å². The van der Waals surface area contributed by atoms with Crippen LogP contribution < -0.4 is 10.6 Å². The van der Waals surface area contributed by atoms with Crippen molar-refractivity contribution in [3.63, 3.8) is 0 Å². The zero-order chi connectivity index (χ0) is 9.97. The van der Waals surface area contributed by atoms with Crippen molar-refractivity contribution in [3.8, 4) is 0 Å². The van der Waals surface area contributed by atoms with Gasteiger partial charge in [-0.2, -0.15) is 0 Å². The molecule has 1 fully saturated rings. The van der Waals surface area contributed by atoms with E-state index in [0.717, 1.165) is 16.0 Å². The minimum atomic E-state index is 0.613. The molecule has 1 aromatic rings. The Kier molecular flexibility index (Phi) is 3.26. The fourth-order valence-electron chi connectivity index (χ4n) is 1.08. The molecule has 1 aromatic heterocycles. The van der Waals surface area contributed by atoms with Gasteiger partial charge in [0.05, 0.1) is 10.9 Å². The van der Waals surface area contributed by atoms with E-state index in [-0.39, 0.29) is 0 Å². The molecule has 1 aliphatic carbocycles. The average Bonchev–Trinajstić information content (AvgIpc) is 2.85. The van der Waals surface area contributed by atoms with E-state index in [1.807, 2.05) is 12.1 Å². The van der Waals surface area contributed by atoms with Crippen molar-refractivity contribution in [1.82, 2.24) is 10.6 Å². The molecule has 76 valence electrons. The molecule has 14 heavy (non-hydrogen) atoms. The lowest BCUT2D eigenvalue weighted by molar-refractivity contribution is 0.836. The second kappa shape index (κ2) is 4.47. The van der Waals surface area contributed by atoms with E-state index in [0.29, 0.717) is 6.04 Å². The third kappa shape index (κ3) is 3.12. The molecule has 1 heterocycles. The van der Waals surface area contributed by atoms with Crippen LogP contribution in [0.3, 0.4) is 0 Å². The molecule has 2 nitrogen and oxygen atoms in total. The van der Waals surface area contributed by atoms with E-state index in [1.54, 1.807) is 11.3 Å². The van der Waals surface area contributed by atoms with Gasteiger partial charge in [0.2, 0.25) is 0 Å². The van der Waals surface area contributed by atoms with E-state index in [1.165, 1.54) is 17.7 Å². The summed E-state index contributed by atoms with van der Waals surface area (Å²) in [4.78, 5) is 1.20. The summed E-state index contributed by atoms with van der Waals surface area (Å²) >= 11 is 12.5. The molecule has 0 unspecified atom stereocenters. The zero-order valence-corrected chi connectivity index (χ0v) is 9.94. The molecule has 0 radical (unpaired) electrons. The monoisotopic (exact) mass is 246 g/mol. The molecule has 2 rings (SSSR count). The summed E-state index contributed by atoms with van der Waals surface area (Å²) in [7, 11) is 0. The van der Waals surface area contributed by atoms with Gasteiger partial charge in [0.1, 0.15) is 0 Å². The van der Waals surface area contributed by atoms with Crippen molar-refractivity contribution in [3.05, 3.63) is 21.3 Å². The van der Waals surface area contributed by atoms with Crippen molar-refractivity contribution < 1.29 is 0 Å². The summed E-state index contributed by atoms with van der Waals surface area (Å²) in [5.41, 5.74) is 0. The Morgan fingerprint density at radius 2 is 2.36 bits per heavy atom. The number of nitrogens with one attached hydrogen (secondary N) is 2. The topological polar surface area (TPSA) is 24.1 Å². The maximum atomic E-state index is 5.81. The first-order chi connectivity index (χ1) is 6.74. The second-order valence-corrected chi connectivity index (χ2v) is 5.51. The number of halogens is 1. The van der Waals surface area contributed by atoms with Crippen molar-refractivity contribution >= 4 is 40.3 Å². The van der Waals surface area contributed by atoms with Gasteiger partial charge in [0, 0.05) is 10.9 Å². The average molecular weight is 247 g/mol. The summed E-state index contributed by atoms with van der Waals surface area (Å²) in [5.74, 6) is 0. The Morgan fingerprint density at radius 1 is 1.57 bits per heavy atom. The van der Waals surface area contributed by atoms with Crippen molar-refractivity contribution in [1.29, 1.82) is 0 Å². The number of rotatable bonds is 3. The van der Waals surface area contributed by atoms with E-state index in [2.05, 4.69) is 10.6 Å². The van der Waals surface area contributed by atoms with Crippen LogP contribution in [-0.2, 0) is 6.54 Å². The molecular formula is C9H11ClN2S2. The van der Waals surface area contributed by atoms with E-state index < -0.39 is 0 Å². The van der Waals surface area contributed by atoms with E-state index in [4.69, 9.17) is 23.8 Å². The zero-order valence-electron chi connectivity index (χ0n) is 7.55. The van der Waals surface area contributed by atoms with Crippen LogP contribution in [0.2, 0.25) is 4.34 Å². The lowest BCUT2D eigenvalue weighted by atomic mass is 10.5. The number of hydrogen-bond acceptors (Lipinski definition) is 2. The SMILES string of the molecule is S=C(NCc1ccc(Cl)s1)NC1CC1. The molecule has 0 aliphatic heterocycles. The summed E-state index contributed by atoms with van der Waals surface area (Å²) in [6, 6.07) is 4.53. The molecule has 2 N–H and O–H groups in total. The number of thiocarbonyl (C=S) groups is 1. The highest BCUT2D eigenvalue weighted by atomic mass is 35.5. The van der Waals surface area contributed by atoms with Crippen LogP contribution in [0.5, 0.6) is 0 Å². The molecule has 1 saturated carbocycles. The van der Waals surface area contributed by atoms with Crippen molar-refractivity contribution in [2.75, 3.05) is 0 Å². The van der Waals surface area contributed by atoms with E-state index in [9.17, 15) is 0 Å². The highest BCUT2D eigenvalue weighted by molar-refractivity contribution is 7.80. The Morgan fingerprint density at radius 3 is 2.93 bits per heavy atom. The maximum absolute atomic E-state index is 5.81. The standard InChI is InChI=1S/C9H11ClN2S2/c10-8-4-3-7(14-8)5-11-9(13)12-6-1-2-6/h3-4,6H,1-2,5H2,(H2,11,12,13). The predicted octanol–water partition coefficient (Wildman–Crippen LogP) is 2.53. The molecule has 0 bridgehead atoms. The summed E-state index contributed by atoms with van der Waals surface area (Å²) in [6.07, 6.45) is 2.49. The summed E-state index contributed by atoms with van der Waals surface area (Å²) in [5, 5.41) is 7.13. The molecule has 0 atom stereocenters. The van der Waals surface area contributed by atoms with Gasteiger partial charge >= 0.3 is 0 Å². The first kappa shape index (κ1) is 10.2. The van der Waals surface area contributed by atoms with Crippen LogP contribution in [-0.4, -0.2) is 11.2 Å². The van der Waals surface area contributed by atoms with Crippen LogP contribution in [0.4, 0.5) is 0 Å². The number of thiophene rings is 1. The Labute approximate surface area is 97.7 Å². The molecule has 0 saturated heterocycles. The lowest BCUT2D eigenvalue weighted by Gasteiger charge is -2.07. The van der Waals surface area contributed by atoms with Gasteiger partial charge in [0.15, 0.2) is 5.11 Å². The van der Waals surface area contributed by atoms with Gasteiger partial charge in [0.25, 0.3) is 0 Å². The molecule has 0 aromatic carbocycles. The van der Waals surface area contributed by atoms with Gasteiger partial charge in [-0.25, -0.2) is 0 Å². The van der Waals surface area contributed by atoms with Gasteiger partial charge in [-0.3, -0.25) is 0 Å². The van der Waals surface area contributed by atoms with Gasteiger partial charge in [-0.1, -0.05) is 11.6 Å². The minimum Gasteiger partial charge on any atom is -0.360 e. The Bertz CT molecular complexity index is 333. The van der Waals surface area contributed by atoms with Crippen molar-refractivity contribution in [2.24, 2.45) is 0 Å². The van der Waals surface area contributed by atoms with Crippen LogP contribution >= 0.6 is 35.2 Å². The quantitative estimate of drug-likeness (QED) is 0.802. The minimum absolute atomic E-state index is 0.613. The van der Waals surface area contributed by atoms with Gasteiger partial charge < -0.3 is 10.6 Å². The normalized spacial score (nSPS) is 15.2. The molecule has 0 spiro atoms. The Balaban J connectivity index is 1.73. The summed E-state index contributed by atoms with van der Waals surface area (Å²) < 4.78 is 0.822. The second-order valence-electron chi connectivity index (χ2n) is 3.31. The predicted molar refractivity (Wildman–Crippen MR) is 64.9 cm³/mol. The largest absolute Gasteiger partial charge is 0.360 e. The fourth-order valence-corrected chi connectivity index (χ4v) is 2.34. The molecule has 5 heteroatoms.